The first-order chi connectivity index (χ1) is 10.8. The maximum atomic E-state index is 12.2. The second-order valence-electron chi connectivity index (χ2n) is 6.39. The molecule has 1 aromatic heterocycles. The molecule has 0 radical (unpaired) electrons. The third kappa shape index (κ3) is 4.45. The van der Waals surface area contributed by atoms with Crippen LogP contribution >= 0.6 is 0 Å². The van der Waals surface area contributed by atoms with Gasteiger partial charge in [0.25, 0.3) is 0 Å². The molecule has 7 heteroatoms. The SMILES string of the molecule is Cn1c(-c2ccccc2)nn(CCNC(=O)NC(C)(C)C)c1=O. The Kier molecular flexibility index (Phi) is 4.88. The lowest BCUT2D eigenvalue weighted by atomic mass is 10.1. The number of benzene rings is 1. The highest BCUT2D eigenvalue weighted by atomic mass is 16.2. The van der Waals surface area contributed by atoms with Gasteiger partial charge in [0.1, 0.15) is 0 Å². The van der Waals surface area contributed by atoms with Crippen LogP contribution in [0.3, 0.4) is 0 Å². The van der Waals surface area contributed by atoms with Crippen molar-refractivity contribution in [1.82, 2.24) is 25.0 Å². The second-order valence-corrected chi connectivity index (χ2v) is 6.39. The average molecular weight is 317 g/mol. The first-order valence-corrected chi connectivity index (χ1v) is 7.53. The van der Waals surface area contributed by atoms with E-state index in [0.717, 1.165) is 5.56 Å². The monoisotopic (exact) mass is 317 g/mol. The highest BCUT2D eigenvalue weighted by Crippen LogP contribution is 2.13. The summed E-state index contributed by atoms with van der Waals surface area (Å²) in [6.07, 6.45) is 0. The summed E-state index contributed by atoms with van der Waals surface area (Å²) >= 11 is 0. The maximum absolute atomic E-state index is 12.2. The van der Waals surface area contributed by atoms with Crippen LogP contribution in [0.15, 0.2) is 35.1 Å². The highest BCUT2D eigenvalue weighted by molar-refractivity contribution is 5.74. The molecular weight excluding hydrogens is 294 g/mol. The van der Waals surface area contributed by atoms with Crippen molar-refractivity contribution in [2.45, 2.75) is 32.9 Å². The minimum absolute atomic E-state index is 0.207. The third-order valence-electron chi connectivity index (χ3n) is 3.17. The van der Waals surface area contributed by atoms with E-state index in [9.17, 15) is 9.59 Å². The number of aromatic nitrogens is 3. The van der Waals surface area contributed by atoms with Crippen LogP contribution in [-0.2, 0) is 13.6 Å². The zero-order chi connectivity index (χ0) is 17.0. The van der Waals surface area contributed by atoms with Crippen molar-refractivity contribution < 1.29 is 4.79 Å². The fourth-order valence-corrected chi connectivity index (χ4v) is 2.13. The summed E-state index contributed by atoms with van der Waals surface area (Å²) in [4.78, 5) is 23.9. The standard InChI is InChI=1S/C16H23N5O2/c1-16(2,3)18-14(22)17-10-11-21-15(23)20(4)13(19-21)12-8-6-5-7-9-12/h5-9H,10-11H2,1-4H3,(H2,17,18,22). The van der Waals surface area contributed by atoms with E-state index in [1.54, 1.807) is 7.05 Å². The van der Waals surface area contributed by atoms with Gasteiger partial charge in [0.05, 0.1) is 6.54 Å². The zero-order valence-corrected chi connectivity index (χ0v) is 14.0. The first kappa shape index (κ1) is 16.8. The topological polar surface area (TPSA) is 81.0 Å². The van der Waals surface area contributed by atoms with Crippen molar-refractivity contribution in [3.8, 4) is 11.4 Å². The summed E-state index contributed by atoms with van der Waals surface area (Å²) in [7, 11) is 1.69. The minimum Gasteiger partial charge on any atom is -0.336 e. The van der Waals surface area contributed by atoms with E-state index >= 15 is 0 Å². The van der Waals surface area contributed by atoms with Gasteiger partial charge in [-0.3, -0.25) is 4.57 Å². The zero-order valence-electron chi connectivity index (χ0n) is 14.0. The first-order valence-electron chi connectivity index (χ1n) is 7.53. The van der Waals surface area contributed by atoms with Crippen LogP contribution in [0.4, 0.5) is 4.79 Å². The Balaban J connectivity index is 2.02. The molecule has 1 aromatic carbocycles. The molecule has 0 spiro atoms. The highest BCUT2D eigenvalue weighted by Gasteiger charge is 2.14. The van der Waals surface area contributed by atoms with Crippen molar-refractivity contribution in [2.75, 3.05) is 6.54 Å². The van der Waals surface area contributed by atoms with Gasteiger partial charge in [-0.25, -0.2) is 14.3 Å². The van der Waals surface area contributed by atoms with Crippen molar-refractivity contribution >= 4 is 6.03 Å². The number of rotatable bonds is 4. The summed E-state index contributed by atoms with van der Waals surface area (Å²) in [5.41, 5.74) is 0.373. The molecule has 0 aliphatic carbocycles. The number of carbonyl (C=O) groups is 1. The average Bonchev–Trinajstić information content (AvgIpc) is 2.75. The molecule has 0 saturated heterocycles. The van der Waals surface area contributed by atoms with Gasteiger partial charge in [0, 0.05) is 24.7 Å². The van der Waals surface area contributed by atoms with E-state index in [1.165, 1.54) is 9.25 Å². The molecule has 0 aliphatic heterocycles. The van der Waals surface area contributed by atoms with E-state index in [-0.39, 0.29) is 17.3 Å². The third-order valence-corrected chi connectivity index (χ3v) is 3.17. The molecule has 0 bridgehead atoms. The Morgan fingerprint density at radius 2 is 1.87 bits per heavy atom. The Hall–Kier alpha value is -2.57. The molecule has 0 saturated carbocycles. The molecule has 1 heterocycles. The molecule has 23 heavy (non-hydrogen) atoms. The largest absolute Gasteiger partial charge is 0.345 e. The molecule has 2 aromatic rings. The van der Waals surface area contributed by atoms with Crippen LogP contribution in [0, 0.1) is 0 Å². The number of nitrogens with one attached hydrogen (secondary N) is 2. The molecule has 0 atom stereocenters. The Morgan fingerprint density at radius 3 is 2.48 bits per heavy atom. The number of urea groups is 1. The minimum atomic E-state index is -0.299. The van der Waals surface area contributed by atoms with Crippen molar-refractivity contribution in [2.24, 2.45) is 7.05 Å². The van der Waals surface area contributed by atoms with E-state index in [1.807, 2.05) is 51.1 Å². The Bertz CT molecular complexity index is 725. The lowest BCUT2D eigenvalue weighted by Crippen LogP contribution is -2.47. The Morgan fingerprint density at radius 1 is 1.22 bits per heavy atom. The molecular formula is C16H23N5O2. The molecule has 2 rings (SSSR count). The van der Waals surface area contributed by atoms with Gasteiger partial charge in [-0.2, -0.15) is 0 Å². The molecule has 7 nitrogen and oxygen atoms in total. The smallest absolute Gasteiger partial charge is 0.336 e. The van der Waals surface area contributed by atoms with E-state index in [0.29, 0.717) is 18.9 Å². The molecule has 124 valence electrons. The summed E-state index contributed by atoms with van der Waals surface area (Å²) in [6, 6.07) is 9.26. The lowest BCUT2D eigenvalue weighted by Gasteiger charge is -2.20. The summed E-state index contributed by atoms with van der Waals surface area (Å²) in [5, 5.41) is 9.87. The Labute approximate surface area is 135 Å². The summed E-state index contributed by atoms with van der Waals surface area (Å²) in [6.45, 7) is 6.36. The van der Waals surface area contributed by atoms with Gasteiger partial charge in [-0.15, -0.1) is 5.10 Å². The molecule has 0 fully saturated rings. The maximum Gasteiger partial charge on any atom is 0.345 e. The summed E-state index contributed by atoms with van der Waals surface area (Å²) < 4.78 is 2.87. The van der Waals surface area contributed by atoms with Crippen molar-refractivity contribution in [1.29, 1.82) is 0 Å². The van der Waals surface area contributed by atoms with E-state index < -0.39 is 0 Å². The van der Waals surface area contributed by atoms with Crippen LogP contribution in [0.25, 0.3) is 11.4 Å². The van der Waals surface area contributed by atoms with Gasteiger partial charge in [0.2, 0.25) is 0 Å². The number of hydrogen-bond acceptors (Lipinski definition) is 3. The quantitative estimate of drug-likeness (QED) is 0.893. The van der Waals surface area contributed by atoms with E-state index in [4.69, 9.17) is 0 Å². The van der Waals surface area contributed by atoms with Crippen LogP contribution in [0.5, 0.6) is 0 Å². The van der Waals surface area contributed by atoms with Crippen LogP contribution in [0.1, 0.15) is 20.8 Å². The number of amides is 2. The van der Waals surface area contributed by atoms with Gasteiger partial charge in [-0.1, -0.05) is 30.3 Å². The van der Waals surface area contributed by atoms with Gasteiger partial charge >= 0.3 is 11.7 Å². The van der Waals surface area contributed by atoms with Crippen LogP contribution in [-0.4, -0.2) is 32.5 Å². The van der Waals surface area contributed by atoms with Crippen molar-refractivity contribution in [3.05, 3.63) is 40.8 Å². The number of hydrogen-bond donors (Lipinski definition) is 2. The van der Waals surface area contributed by atoms with Crippen molar-refractivity contribution in [3.63, 3.8) is 0 Å². The second kappa shape index (κ2) is 6.68. The summed E-state index contributed by atoms with van der Waals surface area (Å²) in [5.74, 6) is 0.606. The lowest BCUT2D eigenvalue weighted by molar-refractivity contribution is 0.231. The fraction of sp³-hybridized carbons (Fsp3) is 0.438. The number of carbonyl (C=O) groups excluding carboxylic acids is 1. The van der Waals surface area contributed by atoms with Crippen LogP contribution in [0.2, 0.25) is 0 Å². The van der Waals surface area contributed by atoms with Gasteiger partial charge in [-0.05, 0) is 20.8 Å². The molecule has 0 aliphatic rings. The van der Waals surface area contributed by atoms with E-state index in [2.05, 4.69) is 15.7 Å². The molecule has 2 N–H and O–H groups in total. The molecule has 2 amide bonds. The normalized spacial score (nSPS) is 11.3. The van der Waals surface area contributed by atoms with Gasteiger partial charge in [0.15, 0.2) is 5.82 Å². The van der Waals surface area contributed by atoms with Gasteiger partial charge < -0.3 is 10.6 Å². The number of nitrogens with zero attached hydrogens (tertiary/aromatic N) is 3. The fourth-order valence-electron chi connectivity index (χ4n) is 2.13. The molecule has 0 unspecified atom stereocenters. The van der Waals surface area contributed by atoms with Crippen LogP contribution < -0.4 is 16.3 Å². The predicted octanol–water partition coefficient (Wildman–Crippen LogP) is 1.35. The predicted molar refractivity (Wildman–Crippen MR) is 89.2 cm³/mol.